The normalized spacial score (nSPS) is 13.1. The van der Waals surface area contributed by atoms with E-state index in [1.54, 1.807) is 31.2 Å². The highest BCUT2D eigenvalue weighted by Crippen LogP contribution is 2.29. The fraction of sp³-hybridized carbons (Fsp3) is 0.176. The summed E-state index contributed by atoms with van der Waals surface area (Å²) in [6, 6.07) is 10.7. The summed E-state index contributed by atoms with van der Waals surface area (Å²) in [6.45, 7) is 2.07. The van der Waals surface area contributed by atoms with Crippen molar-refractivity contribution in [2.45, 2.75) is 13.5 Å². The molecule has 0 saturated heterocycles. The molecule has 0 aliphatic carbocycles. The number of fused-ring (bicyclic) bond motifs is 1. The summed E-state index contributed by atoms with van der Waals surface area (Å²) in [5.41, 5.74) is 0.974. The molecule has 3 rings (SSSR count). The van der Waals surface area contributed by atoms with Crippen molar-refractivity contribution in [2.75, 3.05) is 6.61 Å². The second kappa shape index (κ2) is 6.11. The zero-order chi connectivity index (χ0) is 17.3. The lowest BCUT2D eigenvalue weighted by atomic mass is 10.1. The number of ether oxygens (including phenoxy) is 1. The van der Waals surface area contributed by atoms with Crippen molar-refractivity contribution < 1.29 is 19.2 Å². The van der Waals surface area contributed by atoms with E-state index < -0.39 is 16.7 Å². The van der Waals surface area contributed by atoms with E-state index in [-0.39, 0.29) is 12.2 Å². The minimum atomic E-state index is -0.526. The van der Waals surface area contributed by atoms with Crippen LogP contribution >= 0.6 is 0 Å². The van der Waals surface area contributed by atoms with E-state index in [0.29, 0.717) is 29.0 Å². The highest BCUT2D eigenvalue weighted by molar-refractivity contribution is 6.21. The average molecular weight is 326 g/mol. The molecule has 0 fully saturated rings. The van der Waals surface area contributed by atoms with Gasteiger partial charge in [0, 0.05) is 17.7 Å². The molecule has 2 aromatic rings. The molecule has 0 saturated carbocycles. The van der Waals surface area contributed by atoms with Crippen LogP contribution in [0.3, 0.4) is 0 Å². The Hall–Kier alpha value is -3.22. The molecule has 2 amide bonds. The number of nitrogens with zero attached hydrogens (tertiary/aromatic N) is 2. The fourth-order valence-electron chi connectivity index (χ4n) is 2.65. The number of hydrogen-bond acceptors (Lipinski definition) is 5. The molecule has 0 unspecified atom stereocenters. The van der Waals surface area contributed by atoms with E-state index in [2.05, 4.69) is 0 Å². The number of imide groups is 1. The lowest BCUT2D eigenvalue weighted by Gasteiger charge is -2.16. The van der Waals surface area contributed by atoms with Crippen LogP contribution in [-0.4, -0.2) is 28.2 Å². The number of carbonyl (C=O) groups is 2. The van der Waals surface area contributed by atoms with Crippen LogP contribution in [0.5, 0.6) is 5.75 Å². The van der Waals surface area contributed by atoms with Gasteiger partial charge in [0.25, 0.3) is 17.5 Å². The maximum absolute atomic E-state index is 12.4. The predicted molar refractivity (Wildman–Crippen MR) is 84.9 cm³/mol. The van der Waals surface area contributed by atoms with Gasteiger partial charge in [-0.05, 0) is 25.1 Å². The molecular formula is C17H14N2O5. The van der Waals surface area contributed by atoms with Gasteiger partial charge >= 0.3 is 0 Å². The first-order valence-electron chi connectivity index (χ1n) is 7.38. The average Bonchev–Trinajstić information content (AvgIpc) is 2.82. The van der Waals surface area contributed by atoms with Crippen molar-refractivity contribution in [1.82, 2.24) is 4.90 Å². The summed E-state index contributed by atoms with van der Waals surface area (Å²) >= 11 is 0. The topological polar surface area (TPSA) is 89.8 Å². The molecule has 1 heterocycles. The zero-order valence-electron chi connectivity index (χ0n) is 12.9. The number of amides is 2. The van der Waals surface area contributed by atoms with Gasteiger partial charge in [0.1, 0.15) is 5.75 Å². The Kier molecular flexibility index (Phi) is 3.99. The van der Waals surface area contributed by atoms with E-state index >= 15 is 0 Å². The van der Waals surface area contributed by atoms with E-state index in [9.17, 15) is 19.7 Å². The lowest BCUT2D eigenvalue weighted by Crippen LogP contribution is -2.29. The molecule has 0 atom stereocenters. The van der Waals surface area contributed by atoms with Crippen LogP contribution in [0.2, 0.25) is 0 Å². The van der Waals surface area contributed by atoms with E-state index in [0.717, 1.165) is 4.90 Å². The minimum absolute atomic E-state index is 0.0800. The molecule has 0 spiro atoms. The monoisotopic (exact) mass is 326 g/mol. The Morgan fingerprint density at radius 2 is 1.71 bits per heavy atom. The van der Waals surface area contributed by atoms with Gasteiger partial charge < -0.3 is 4.74 Å². The molecule has 0 aromatic heterocycles. The molecule has 7 nitrogen and oxygen atoms in total. The largest absolute Gasteiger partial charge is 0.494 e. The Morgan fingerprint density at radius 1 is 1.08 bits per heavy atom. The summed E-state index contributed by atoms with van der Waals surface area (Å²) in [6.07, 6.45) is 0. The van der Waals surface area contributed by atoms with Crippen LogP contribution < -0.4 is 4.74 Å². The van der Waals surface area contributed by atoms with Gasteiger partial charge in [-0.15, -0.1) is 0 Å². The van der Waals surface area contributed by atoms with E-state index in [4.69, 9.17) is 4.74 Å². The van der Waals surface area contributed by atoms with E-state index in [1.165, 1.54) is 18.2 Å². The summed E-state index contributed by atoms with van der Waals surface area (Å²) in [5.74, 6) is -0.409. The molecule has 7 heteroatoms. The third-order valence-electron chi connectivity index (χ3n) is 3.76. The van der Waals surface area contributed by atoms with Crippen molar-refractivity contribution >= 4 is 17.5 Å². The third kappa shape index (κ3) is 2.60. The van der Waals surface area contributed by atoms with Crippen LogP contribution in [-0.2, 0) is 6.54 Å². The third-order valence-corrected chi connectivity index (χ3v) is 3.76. The number of rotatable bonds is 5. The van der Waals surface area contributed by atoms with Gasteiger partial charge in [0.05, 0.1) is 29.2 Å². The smallest absolute Gasteiger partial charge is 0.270 e. The van der Waals surface area contributed by atoms with Gasteiger partial charge in [-0.2, -0.15) is 0 Å². The summed E-state index contributed by atoms with van der Waals surface area (Å²) in [4.78, 5) is 36.4. The van der Waals surface area contributed by atoms with Crippen LogP contribution in [0.4, 0.5) is 5.69 Å². The first kappa shape index (κ1) is 15.7. The SMILES string of the molecule is CCOc1ccc([N+](=O)[O-])cc1CN1C(=O)c2ccccc2C1=O. The van der Waals surface area contributed by atoms with Crippen molar-refractivity contribution in [2.24, 2.45) is 0 Å². The van der Waals surface area contributed by atoms with Crippen LogP contribution in [0.1, 0.15) is 33.2 Å². The van der Waals surface area contributed by atoms with Gasteiger partial charge in [-0.3, -0.25) is 24.6 Å². The Morgan fingerprint density at radius 3 is 2.25 bits per heavy atom. The number of nitro groups is 1. The maximum Gasteiger partial charge on any atom is 0.270 e. The molecule has 24 heavy (non-hydrogen) atoms. The van der Waals surface area contributed by atoms with Crippen molar-refractivity contribution in [1.29, 1.82) is 0 Å². The first-order chi connectivity index (χ1) is 11.5. The van der Waals surface area contributed by atoms with Crippen LogP contribution in [0.25, 0.3) is 0 Å². The molecular weight excluding hydrogens is 312 g/mol. The summed E-state index contributed by atoms with van der Waals surface area (Å²) in [7, 11) is 0. The zero-order valence-corrected chi connectivity index (χ0v) is 12.9. The molecule has 1 aliphatic heterocycles. The quantitative estimate of drug-likeness (QED) is 0.479. The van der Waals surface area contributed by atoms with Crippen molar-refractivity contribution in [3.05, 3.63) is 69.3 Å². The summed E-state index contributed by atoms with van der Waals surface area (Å²) < 4.78 is 5.46. The highest BCUT2D eigenvalue weighted by atomic mass is 16.6. The molecule has 0 bridgehead atoms. The standard InChI is InChI=1S/C17H14N2O5/c1-2-24-15-8-7-12(19(22)23)9-11(15)10-18-16(20)13-5-3-4-6-14(13)17(18)21/h3-9H,2,10H2,1H3. The highest BCUT2D eigenvalue weighted by Gasteiger charge is 2.35. The lowest BCUT2D eigenvalue weighted by molar-refractivity contribution is -0.384. The van der Waals surface area contributed by atoms with Crippen LogP contribution in [0.15, 0.2) is 42.5 Å². The molecule has 2 aromatic carbocycles. The Balaban J connectivity index is 1.96. The fourth-order valence-corrected chi connectivity index (χ4v) is 2.65. The minimum Gasteiger partial charge on any atom is -0.494 e. The van der Waals surface area contributed by atoms with Crippen LogP contribution in [0, 0.1) is 10.1 Å². The molecule has 1 aliphatic rings. The predicted octanol–water partition coefficient (Wildman–Crippen LogP) is 2.79. The van der Waals surface area contributed by atoms with Gasteiger partial charge in [-0.25, -0.2) is 0 Å². The first-order valence-corrected chi connectivity index (χ1v) is 7.38. The van der Waals surface area contributed by atoms with Crippen molar-refractivity contribution in [3.8, 4) is 5.75 Å². The van der Waals surface area contributed by atoms with Gasteiger partial charge in [-0.1, -0.05) is 12.1 Å². The molecule has 0 N–H and O–H groups in total. The number of carbonyl (C=O) groups excluding carboxylic acids is 2. The molecule has 122 valence electrons. The van der Waals surface area contributed by atoms with Gasteiger partial charge in [0.2, 0.25) is 0 Å². The Bertz CT molecular complexity index is 812. The summed E-state index contributed by atoms with van der Waals surface area (Å²) in [5, 5.41) is 11.0. The van der Waals surface area contributed by atoms with Gasteiger partial charge in [0.15, 0.2) is 0 Å². The maximum atomic E-state index is 12.4. The number of benzene rings is 2. The number of nitro benzene ring substituents is 1. The molecule has 0 radical (unpaired) electrons. The second-order valence-corrected chi connectivity index (χ2v) is 5.22. The van der Waals surface area contributed by atoms with E-state index in [1.807, 2.05) is 0 Å². The number of hydrogen-bond donors (Lipinski definition) is 0. The Labute approximate surface area is 137 Å². The number of non-ortho nitro benzene ring substituents is 1. The second-order valence-electron chi connectivity index (χ2n) is 5.22. The van der Waals surface area contributed by atoms with Crippen molar-refractivity contribution in [3.63, 3.8) is 0 Å².